The number of nitrogens with one attached hydrogen (secondary N) is 2. The summed E-state index contributed by atoms with van der Waals surface area (Å²) in [6, 6.07) is 3.95. The van der Waals surface area contributed by atoms with Crippen LogP contribution in [-0.2, 0) is 11.3 Å². The van der Waals surface area contributed by atoms with Crippen molar-refractivity contribution in [3.63, 3.8) is 0 Å². The van der Waals surface area contributed by atoms with Crippen LogP contribution in [0.15, 0.2) is 24.3 Å². The molecule has 0 unspecified atom stereocenters. The number of aliphatic hydroxyl groups excluding tert-OH is 1. The Morgan fingerprint density at radius 3 is 2.75 bits per heavy atom. The van der Waals surface area contributed by atoms with Crippen LogP contribution in [0.4, 0.5) is 10.6 Å². The average molecular weight is 337 g/mol. The summed E-state index contributed by atoms with van der Waals surface area (Å²) in [6.45, 7) is 0.649. The van der Waals surface area contributed by atoms with Gasteiger partial charge in [0.1, 0.15) is 0 Å². The number of aliphatic hydroxyl groups is 1. The molecule has 0 radical (unpaired) electrons. The lowest BCUT2D eigenvalue weighted by Gasteiger charge is -2.21. The lowest BCUT2D eigenvalue weighted by atomic mass is 10.0. The molecule has 9 nitrogen and oxygen atoms in total. The van der Waals surface area contributed by atoms with E-state index < -0.39 is 6.16 Å². The van der Waals surface area contributed by atoms with E-state index in [1.807, 2.05) is 24.3 Å². The van der Waals surface area contributed by atoms with Crippen LogP contribution in [0.3, 0.4) is 0 Å². The number of nitrogens with zero attached hydrogens (tertiary/aromatic N) is 1. The molecule has 2 aliphatic rings. The average Bonchev–Trinajstić information content (AvgIpc) is 2.53. The predicted molar refractivity (Wildman–Crippen MR) is 84.0 cm³/mol. The van der Waals surface area contributed by atoms with Crippen LogP contribution in [0.25, 0.3) is 0 Å². The van der Waals surface area contributed by atoms with Crippen LogP contribution < -0.4 is 15.4 Å². The number of hydrogen-bond donors (Lipinski definition) is 5. The molecule has 0 aromatic carbocycles. The number of aromatic nitrogens is 1. The van der Waals surface area contributed by atoms with Crippen molar-refractivity contribution in [1.82, 2.24) is 10.3 Å². The monoisotopic (exact) mass is 337 g/mol. The summed E-state index contributed by atoms with van der Waals surface area (Å²) in [5.41, 5.74) is 0.842. The van der Waals surface area contributed by atoms with Gasteiger partial charge < -0.3 is 30.7 Å². The summed E-state index contributed by atoms with van der Waals surface area (Å²) in [6.07, 6.45) is 3.33. The van der Waals surface area contributed by atoms with Gasteiger partial charge in [0.2, 0.25) is 0 Å². The third kappa shape index (κ3) is 5.52. The molecule has 130 valence electrons. The van der Waals surface area contributed by atoms with Gasteiger partial charge in [0, 0.05) is 12.6 Å². The van der Waals surface area contributed by atoms with E-state index in [1.165, 1.54) is 0 Å². The van der Waals surface area contributed by atoms with Gasteiger partial charge >= 0.3 is 6.16 Å². The van der Waals surface area contributed by atoms with Gasteiger partial charge in [-0.05, 0) is 25.0 Å². The third-order valence-electron chi connectivity index (χ3n) is 3.42. The van der Waals surface area contributed by atoms with Crippen molar-refractivity contribution >= 4 is 17.9 Å². The van der Waals surface area contributed by atoms with E-state index in [2.05, 4.69) is 15.6 Å². The number of anilines is 1. The van der Waals surface area contributed by atoms with Crippen molar-refractivity contribution in [3.05, 3.63) is 30.0 Å². The number of carbonyl (C=O) groups is 2. The summed E-state index contributed by atoms with van der Waals surface area (Å²) in [5.74, 6) is 0.906. The maximum atomic E-state index is 11.2. The van der Waals surface area contributed by atoms with Crippen molar-refractivity contribution in [2.75, 3.05) is 11.9 Å². The smallest absolute Gasteiger partial charge is 0.480 e. The van der Waals surface area contributed by atoms with Gasteiger partial charge in [0.15, 0.2) is 18.2 Å². The fraction of sp³-hybridized carbons (Fsp3) is 0.400. The highest BCUT2D eigenvalue weighted by molar-refractivity contribution is 5.94. The highest BCUT2D eigenvalue weighted by Crippen LogP contribution is 2.25. The molecular weight excluding hydrogens is 318 g/mol. The number of ether oxygens (including phenoxy) is 1. The van der Waals surface area contributed by atoms with Crippen LogP contribution in [-0.4, -0.2) is 51.1 Å². The first kappa shape index (κ1) is 17.7. The minimum Gasteiger partial charge on any atom is -0.480 e. The fourth-order valence-corrected chi connectivity index (χ4v) is 2.31. The van der Waals surface area contributed by atoms with Gasteiger partial charge in [-0.3, -0.25) is 4.79 Å². The molecule has 1 aromatic rings. The summed E-state index contributed by atoms with van der Waals surface area (Å²) in [5, 5.41) is 29.4. The first-order valence-corrected chi connectivity index (χ1v) is 7.38. The van der Waals surface area contributed by atoms with E-state index in [0.717, 1.165) is 18.5 Å². The molecule has 0 saturated carbocycles. The molecular formula is C15H19N3O6. The molecule has 0 bridgehead atoms. The number of hydrogen-bond acceptors (Lipinski definition) is 6. The van der Waals surface area contributed by atoms with E-state index in [9.17, 15) is 9.90 Å². The fourth-order valence-electron chi connectivity index (χ4n) is 2.31. The van der Waals surface area contributed by atoms with Crippen molar-refractivity contribution in [1.29, 1.82) is 0 Å². The lowest BCUT2D eigenvalue weighted by Crippen LogP contribution is -2.31. The Balaban J connectivity index is 0.000000471. The Hall–Kier alpha value is -2.65. The number of carbonyl (C=O) groups excluding carboxylic acids is 1. The Morgan fingerprint density at radius 1 is 1.33 bits per heavy atom. The second-order valence-corrected chi connectivity index (χ2v) is 5.29. The summed E-state index contributed by atoms with van der Waals surface area (Å²) < 4.78 is 5.26. The Bertz CT molecular complexity index is 630. The van der Waals surface area contributed by atoms with Crippen molar-refractivity contribution in [2.24, 2.45) is 0 Å². The van der Waals surface area contributed by atoms with Gasteiger partial charge in [-0.25, -0.2) is 9.78 Å². The minimum atomic E-state index is -1.83. The minimum absolute atomic E-state index is 0.0431. The quantitative estimate of drug-likeness (QED) is 0.510. The first-order chi connectivity index (χ1) is 11.4. The van der Waals surface area contributed by atoms with Crippen molar-refractivity contribution < 1.29 is 29.6 Å². The van der Waals surface area contributed by atoms with E-state index in [4.69, 9.17) is 19.7 Å². The summed E-state index contributed by atoms with van der Waals surface area (Å²) in [4.78, 5) is 24.2. The van der Waals surface area contributed by atoms with Crippen molar-refractivity contribution in [2.45, 2.75) is 31.5 Å². The standard InChI is InChI=1S/C14H17N3O3.CH2O3/c18-11-4-1-9(2-5-11)15-7-10-3-6-12-14(16-10)17-13(19)8-20-12;2-1(3)4/h1,3-4,6,9,11,15,18H,2,5,7-8H2,(H,16,17,19);(H2,2,3,4)/t9-,11+;/m0./s1. The molecule has 9 heteroatoms. The summed E-state index contributed by atoms with van der Waals surface area (Å²) >= 11 is 0. The van der Waals surface area contributed by atoms with Crippen LogP contribution in [0, 0.1) is 0 Å². The van der Waals surface area contributed by atoms with Gasteiger partial charge in [-0.1, -0.05) is 12.2 Å². The Kier molecular flexibility index (Phi) is 6.10. The van der Waals surface area contributed by atoms with E-state index >= 15 is 0 Å². The van der Waals surface area contributed by atoms with E-state index in [0.29, 0.717) is 18.1 Å². The maximum absolute atomic E-state index is 11.2. The van der Waals surface area contributed by atoms with Gasteiger partial charge in [-0.2, -0.15) is 0 Å². The molecule has 1 aliphatic heterocycles. The van der Waals surface area contributed by atoms with Gasteiger partial charge in [-0.15, -0.1) is 0 Å². The molecule has 1 amide bonds. The number of rotatable bonds is 3. The molecule has 1 aliphatic carbocycles. The highest BCUT2D eigenvalue weighted by Gasteiger charge is 2.18. The number of pyridine rings is 1. The zero-order chi connectivity index (χ0) is 17.5. The predicted octanol–water partition coefficient (Wildman–Crippen LogP) is 0.804. The molecule has 0 fully saturated rings. The third-order valence-corrected chi connectivity index (χ3v) is 3.42. The molecule has 3 rings (SSSR count). The number of fused-ring (bicyclic) bond motifs is 1. The highest BCUT2D eigenvalue weighted by atomic mass is 16.6. The molecule has 2 atom stereocenters. The summed E-state index contributed by atoms with van der Waals surface area (Å²) in [7, 11) is 0. The Morgan fingerprint density at radius 2 is 2.08 bits per heavy atom. The maximum Gasteiger partial charge on any atom is 0.503 e. The number of amides is 1. The molecule has 0 saturated heterocycles. The molecule has 0 spiro atoms. The van der Waals surface area contributed by atoms with E-state index in [1.54, 1.807) is 0 Å². The molecule has 5 N–H and O–H groups in total. The zero-order valence-electron chi connectivity index (χ0n) is 12.8. The van der Waals surface area contributed by atoms with Gasteiger partial charge in [0.25, 0.3) is 5.91 Å². The largest absolute Gasteiger partial charge is 0.503 e. The van der Waals surface area contributed by atoms with Crippen LogP contribution >= 0.6 is 0 Å². The SMILES string of the molecule is O=C(O)O.O=C1COc2ccc(CN[C@H]3C=C[C@@H](O)CC3)nc2N1. The van der Waals surface area contributed by atoms with Crippen LogP contribution in [0.2, 0.25) is 0 Å². The lowest BCUT2D eigenvalue weighted by molar-refractivity contribution is -0.118. The first-order valence-electron chi connectivity index (χ1n) is 7.38. The van der Waals surface area contributed by atoms with E-state index in [-0.39, 0.29) is 24.7 Å². The zero-order valence-corrected chi connectivity index (χ0v) is 12.8. The van der Waals surface area contributed by atoms with Crippen LogP contribution in [0.1, 0.15) is 18.5 Å². The van der Waals surface area contributed by atoms with Crippen molar-refractivity contribution in [3.8, 4) is 5.75 Å². The molecule has 1 aromatic heterocycles. The normalized spacial score (nSPS) is 21.6. The Labute approximate surface area is 138 Å². The second kappa shape index (κ2) is 8.27. The molecule has 2 heterocycles. The van der Waals surface area contributed by atoms with Crippen LogP contribution in [0.5, 0.6) is 5.75 Å². The number of carboxylic acid groups (broad SMARTS) is 2. The topological polar surface area (TPSA) is 141 Å². The second-order valence-electron chi connectivity index (χ2n) is 5.29. The molecule has 24 heavy (non-hydrogen) atoms. The van der Waals surface area contributed by atoms with Gasteiger partial charge in [0.05, 0.1) is 11.8 Å².